The summed E-state index contributed by atoms with van der Waals surface area (Å²) >= 11 is 0. The quantitative estimate of drug-likeness (QED) is 0.655. The number of ketones is 1. The molecule has 1 fully saturated rings. The zero-order chi connectivity index (χ0) is 10.7. The molecule has 78 valence electrons. The van der Waals surface area contributed by atoms with Crippen molar-refractivity contribution in [2.45, 2.75) is 38.5 Å². The molecule has 0 aromatic heterocycles. The highest BCUT2D eigenvalue weighted by Gasteiger charge is 2.38. The van der Waals surface area contributed by atoms with Gasteiger partial charge < -0.3 is 0 Å². The van der Waals surface area contributed by atoms with Crippen molar-refractivity contribution in [3.63, 3.8) is 0 Å². The summed E-state index contributed by atoms with van der Waals surface area (Å²) in [5, 5.41) is 9.30. The van der Waals surface area contributed by atoms with Gasteiger partial charge in [0.1, 0.15) is 5.78 Å². The highest BCUT2D eigenvalue weighted by molar-refractivity contribution is 5.79. The Morgan fingerprint density at radius 2 is 2.07 bits per heavy atom. The monoisotopic (exact) mass is 202 g/mol. The van der Waals surface area contributed by atoms with Gasteiger partial charge in [-0.3, -0.25) is 9.79 Å². The van der Waals surface area contributed by atoms with Gasteiger partial charge in [0.25, 0.3) is 0 Å². The molecule has 0 amide bonds. The minimum atomic E-state index is -0.481. The normalized spacial score (nSPS) is 24.5. The molecule has 1 aliphatic heterocycles. The standard InChI is InChI=1S/C12H14N2O/c13-9-12(6-4-10(15)5-7-12)11-3-1-2-8-14-11/h3,8H,1-2,4-7H2. The number of nitrogens with zero attached hydrogens (tertiary/aromatic N) is 2. The summed E-state index contributed by atoms with van der Waals surface area (Å²) in [6.07, 6.45) is 8.21. The van der Waals surface area contributed by atoms with Crippen LogP contribution in [0.1, 0.15) is 38.5 Å². The summed E-state index contributed by atoms with van der Waals surface area (Å²) < 4.78 is 0. The molecule has 0 atom stereocenters. The van der Waals surface area contributed by atoms with Crippen molar-refractivity contribution in [3.8, 4) is 6.07 Å². The molecule has 0 radical (unpaired) electrons. The van der Waals surface area contributed by atoms with Crippen LogP contribution in [0.4, 0.5) is 0 Å². The molecule has 0 aromatic carbocycles. The number of nitriles is 1. The van der Waals surface area contributed by atoms with Gasteiger partial charge in [-0.15, -0.1) is 0 Å². The Morgan fingerprint density at radius 1 is 1.33 bits per heavy atom. The number of aliphatic imine (C=N–C) groups is 1. The molecular weight excluding hydrogens is 188 g/mol. The molecule has 0 saturated heterocycles. The second kappa shape index (κ2) is 3.98. The number of allylic oxidation sites excluding steroid dienone is 2. The van der Waals surface area contributed by atoms with Crippen LogP contribution in [0.15, 0.2) is 16.8 Å². The maximum Gasteiger partial charge on any atom is 0.133 e. The first-order chi connectivity index (χ1) is 7.27. The van der Waals surface area contributed by atoms with Crippen LogP contribution in [-0.2, 0) is 4.79 Å². The van der Waals surface area contributed by atoms with E-state index in [1.54, 1.807) is 0 Å². The van der Waals surface area contributed by atoms with Gasteiger partial charge in [-0.2, -0.15) is 5.26 Å². The molecule has 0 unspecified atom stereocenters. The molecule has 1 heterocycles. The Kier molecular flexibility index (Phi) is 2.68. The molecule has 0 spiro atoms. The minimum absolute atomic E-state index is 0.279. The van der Waals surface area contributed by atoms with E-state index in [4.69, 9.17) is 0 Å². The number of carbonyl (C=O) groups is 1. The summed E-state index contributed by atoms with van der Waals surface area (Å²) in [5.41, 5.74) is 0.411. The van der Waals surface area contributed by atoms with Crippen molar-refractivity contribution < 1.29 is 4.79 Å². The summed E-state index contributed by atoms with van der Waals surface area (Å²) in [6.45, 7) is 0. The summed E-state index contributed by atoms with van der Waals surface area (Å²) in [4.78, 5) is 15.5. The van der Waals surface area contributed by atoms with E-state index in [0.29, 0.717) is 25.7 Å². The van der Waals surface area contributed by atoms with E-state index < -0.39 is 5.41 Å². The van der Waals surface area contributed by atoms with Gasteiger partial charge in [0, 0.05) is 19.1 Å². The molecule has 2 rings (SSSR count). The molecule has 3 heteroatoms. The smallest absolute Gasteiger partial charge is 0.133 e. The fourth-order valence-corrected chi connectivity index (χ4v) is 2.21. The third-order valence-electron chi connectivity index (χ3n) is 3.23. The summed E-state index contributed by atoms with van der Waals surface area (Å²) in [6, 6.07) is 2.37. The number of hydrogen-bond acceptors (Lipinski definition) is 3. The second-order valence-corrected chi connectivity index (χ2v) is 4.21. The molecule has 0 N–H and O–H groups in total. The van der Waals surface area contributed by atoms with Crippen molar-refractivity contribution >= 4 is 12.0 Å². The van der Waals surface area contributed by atoms with Crippen LogP contribution < -0.4 is 0 Å². The zero-order valence-electron chi connectivity index (χ0n) is 8.70. The molecule has 1 aliphatic carbocycles. The van der Waals surface area contributed by atoms with Crippen LogP contribution in [0.5, 0.6) is 0 Å². The van der Waals surface area contributed by atoms with Crippen molar-refractivity contribution in [1.82, 2.24) is 0 Å². The Morgan fingerprint density at radius 3 is 2.60 bits per heavy atom. The maximum absolute atomic E-state index is 11.2. The highest BCUT2D eigenvalue weighted by atomic mass is 16.1. The third kappa shape index (κ3) is 1.85. The van der Waals surface area contributed by atoms with Crippen LogP contribution >= 0.6 is 0 Å². The number of rotatable bonds is 1. The van der Waals surface area contributed by atoms with Crippen LogP contribution in [0.2, 0.25) is 0 Å². The zero-order valence-corrected chi connectivity index (χ0v) is 8.70. The highest BCUT2D eigenvalue weighted by Crippen LogP contribution is 2.42. The van der Waals surface area contributed by atoms with E-state index in [1.807, 2.05) is 6.21 Å². The Labute approximate surface area is 89.5 Å². The first-order valence-corrected chi connectivity index (χ1v) is 5.43. The molecule has 3 nitrogen and oxygen atoms in total. The van der Waals surface area contributed by atoms with Crippen LogP contribution in [0.3, 0.4) is 0 Å². The van der Waals surface area contributed by atoms with Crippen LogP contribution in [0, 0.1) is 16.7 Å². The van der Waals surface area contributed by atoms with Crippen molar-refractivity contribution in [3.05, 3.63) is 11.8 Å². The van der Waals surface area contributed by atoms with Crippen molar-refractivity contribution in [2.24, 2.45) is 10.4 Å². The van der Waals surface area contributed by atoms with Gasteiger partial charge in [-0.25, -0.2) is 0 Å². The fraction of sp³-hybridized carbons (Fsp3) is 0.583. The largest absolute Gasteiger partial charge is 0.300 e. The number of Topliss-reactive ketones (excluding diaryl/α,β-unsaturated/α-hetero) is 1. The van der Waals surface area contributed by atoms with Crippen LogP contribution in [0.25, 0.3) is 0 Å². The number of hydrogen-bond donors (Lipinski definition) is 0. The summed E-state index contributed by atoms with van der Waals surface area (Å²) in [5.74, 6) is 0.279. The van der Waals surface area contributed by atoms with E-state index in [-0.39, 0.29) is 5.78 Å². The topological polar surface area (TPSA) is 53.2 Å². The first kappa shape index (κ1) is 10.1. The predicted molar refractivity (Wildman–Crippen MR) is 57.3 cm³/mol. The maximum atomic E-state index is 11.2. The van der Waals surface area contributed by atoms with E-state index in [2.05, 4.69) is 17.1 Å². The van der Waals surface area contributed by atoms with E-state index in [1.165, 1.54) is 0 Å². The van der Waals surface area contributed by atoms with Gasteiger partial charge in [0.2, 0.25) is 0 Å². The average Bonchev–Trinajstić information content (AvgIpc) is 2.32. The minimum Gasteiger partial charge on any atom is -0.300 e. The van der Waals surface area contributed by atoms with Gasteiger partial charge in [0.05, 0.1) is 17.2 Å². The van der Waals surface area contributed by atoms with Gasteiger partial charge >= 0.3 is 0 Å². The number of carbonyl (C=O) groups excluding carboxylic acids is 1. The lowest BCUT2D eigenvalue weighted by molar-refractivity contribution is -0.121. The Bertz CT molecular complexity index is 364. The fourth-order valence-electron chi connectivity index (χ4n) is 2.21. The first-order valence-electron chi connectivity index (χ1n) is 5.43. The Hall–Kier alpha value is -1.43. The molecule has 0 bridgehead atoms. The average molecular weight is 202 g/mol. The predicted octanol–water partition coefficient (Wildman–Crippen LogP) is 2.39. The van der Waals surface area contributed by atoms with Gasteiger partial charge in [0.15, 0.2) is 0 Å². The molecule has 15 heavy (non-hydrogen) atoms. The Balaban J connectivity index is 2.23. The van der Waals surface area contributed by atoms with Gasteiger partial charge in [-0.1, -0.05) is 6.08 Å². The van der Waals surface area contributed by atoms with Crippen molar-refractivity contribution in [2.75, 3.05) is 0 Å². The molecular formula is C12H14N2O. The molecule has 0 aromatic rings. The second-order valence-electron chi connectivity index (χ2n) is 4.21. The van der Waals surface area contributed by atoms with E-state index in [9.17, 15) is 10.1 Å². The van der Waals surface area contributed by atoms with Crippen LogP contribution in [-0.4, -0.2) is 12.0 Å². The molecule has 1 saturated carbocycles. The van der Waals surface area contributed by atoms with E-state index in [0.717, 1.165) is 18.5 Å². The van der Waals surface area contributed by atoms with E-state index >= 15 is 0 Å². The summed E-state index contributed by atoms with van der Waals surface area (Å²) in [7, 11) is 0. The lowest BCUT2D eigenvalue weighted by Gasteiger charge is -2.31. The third-order valence-corrected chi connectivity index (χ3v) is 3.23. The SMILES string of the molecule is N#CC1(C2=CCCC=N2)CCC(=O)CC1. The lowest BCUT2D eigenvalue weighted by Crippen LogP contribution is -2.28. The lowest BCUT2D eigenvalue weighted by atomic mass is 9.72. The van der Waals surface area contributed by atoms with Gasteiger partial charge in [-0.05, 0) is 25.7 Å². The van der Waals surface area contributed by atoms with Crippen molar-refractivity contribution in [1.29, 1.82) is 5.26 Å². The molecule has 2 aliphatic rings.